The lowest BCUT2D eigenvalue weighted by Gasteiger charge is -2.10. The summed E-state index contributed by atoms with van der Waals surface area (Å²) in [5.74, 6) is 0. The van der Waals surface area contributed by atoms with Crippen LogP contribution in [0.1, 0.15) is 12.0 Å². The molecule has 0 aromatic heterocycles. The van der Waals surface area contributed by atoms with Crippen LogP contribution in [0.5, 0.6) is 0 Å². The highest BCUT2D eigenvalue weighted by Crippen LogP contribution is 2.30. The van der Waals surface area contributed by atoms with Crippen molar-refractivity contribution in [3.8, 4) is 11.1 Å². The molecule has 0 heterocycles. The first kappa shape index (κ1) is 11.7. The van der Waals surface area contributed by atoms with Crippen molar-refractivity contribution in [2.75, 3.05) is 0 Å². The zero-order valence-electron chi connectivity index (χ0n) is 10.8. The van der Waals surface area contributed by atoms with E-state index in [1.54, 1.807) is 0 Å². The van der Waals surface area contributed by atoms with E-state index in [1.807, 2.05) is 0 Å². The summed E-state index contributed by atoms with van der Waals surface area (Å²) in [6.07, 6.45) is 11.9. The Kier molecular flexibility index (Phi) is 3.42. The topological polar surface area (TPSA) is 0 Å². The van der Waals surface area contributed by atoms with Crippen LogP contribution in [-0.2, 0) is 0 Å². The molecule has 0 amide bonds. The van der Waals surface area contributed by atoms with Crippen molar-refractivity contribution in [1.29, 1.82) is 0 Å². The largest absolute Gasteiger partial charge is 0.0807 e. The predicted molar refractivity (Wildman–Crippen MR) is 82.8 cm³/mol. The van der Waals surface area contributed by atoms with Crippen LogP contribution in [0.15, 0.2) is 85.0 Å². The van der Waals surface area contributed by atoms with Gasteiger partial charge in [-0.3, -0.25) is 0 Å². The molecule has 0 N–H and O–H groups in total. The molecule has 0 saturated heterocycles. The van der Waals surface area contributed by atoms with E-state index in [0.717, 1.165) is 6.42 Å². The Bertz CT molecular complexity index is 643. The summed E-state index contributed by atoms with van der Waals surface area (Å²) in [5.41, 5.74) is 5.11. The molecule has 92 valence electrons. The SMILES string of the molecule is C1=CCC=CC(c2ccccc2-c2ccccc2)=C1. The van der Waals surface area contributed by atoms with E-state index >= 15 is 0 Å². The number of benzene rings is 2. The summed E-state index contributed by atoms with van der Waals surface area (Å²) in [6.45, 7) is 0. The van der Waals surface area contributed by atoms with Gasteiger partial charge in [0.15, 0.2) is 0 Å². The lowest BCUT2D eigenvalue weighted by Crippen LogP contribution is -1.87. The third-order valence-electron chi connectivity index (χ3n) is 3.30. The quantitative estimate of drug-likeness (QED) is 0.676. The van der Waals surface area contributed by atoms with Crippen LogP contribution in [0.25, 0.3) is 16.7 Å². The summed E-state index contributed by atoms with van der Waals surface area (Å²) >= 11 is 0. The Labute approximate surface area is 114 Å². The van der Waals surface area contributed by atoms with Gasteiger partial charge in [0.25, 0.3) is 0 Å². The molecule has 2 aromatic carbocycles. The molecule has 0 heteroatoms. The highest BCUT2D eigenvalue weighted by Gasteiger charge is 2.06. The van der Waals surface area contributed by atoms with Gasteiger partial charge >= 0.3 is 0 Å². The number of rotatable bonds is 2. The number of hydrogen-bond donors (Lipinski definition) is 0. The zero-order valence-corrected chi connectivity index (χ0v) is 10.8. The lowest BCUT2D eigenvalue weighted by atomic mass is 9.94. The van der Waals surface area contributed by atoms with E-state index in [-0.39, 0.29) is 0 Å². The van der Waals surface area contributed by atoms with Crippen molar-refractivity contribution in [1.82, 2.24) is 0 Å². The van der Waals surface area contributed by atoms with Gasteiger partial charge in [-0.05, 0) is 28.7 Å². The molecule has 0 nitrogen and oxygen atoms in total. The molecule has 0 saturated carbocycles. The van der Waals surface area contributed by atoms with Gasteiger partial charge in [0.2, 0.25) is 0 Å². The minimum atomic E-state index is 1.01. The van der Waals surface area contributed by atoms with Gasteiger partial charge in [-0.1, -0.05) is 85.0 Å². The fraction of sp³-hybridized carbons (Fsp3) is 0.0526. The molecule has 0 unspecified atom stereocenters. The Morgan fingerprint density at radius 1 is 0.684 bits per heavy atom. The number of allylic oxidation sites excluding steroid dienone is 6. The molecule has 1 aliphatic carbocycles. The monoisotopic (exact) mass is 244 g/mol. The van der Waals surface area contributed by atoms with E-state index in [4.69, 9.17) is 0 Å². The summed E-state index contributed by atoms with van der Waals surface area (Å²) in [6, 6.07) is 19.1. The Morgan fingerprint density at radius 3 is 2.26 bits per heavy atom. The molecule has 3 rings (SSSR count). The van der Waals surface area contributed by atoms with Crippen LogP contribution >= 0.6 is 0 Å². The van der Waals surface area contributed by atoms with Gasteiger partial charge in [-0.15, -0.1) is 0 Å². The molecule has 19 heavy (non-hydrogen) atoms. The van der Waals surface area contributed by atoms with Crippen molar-refractivity contribution in [2.24, 2.45) is 0 Å². The van der Waals surface area contributed by atoms with Crippen molar-refractivity contribution in [2.45, 2.75) is 6.42 Å². The van der Waals surface area contributed by atoms with E-state index in [0.29, 0.717) is 0 Å². The minimum Gasteiger partial charge on any atom is -0.0807 e. The summed E-state index contributed by atoms with van der Waals surface area (Å²) < 4.78 is 0. The zero-order chi connectivity index (χ0) is 12.9. The first-order valence-corrected chi connectivity index (χ1v) is 6.63. The molecule has 2 aromatic rings. The Hall–Kier alpha value is -2.34. The highest BCUT2D eigenvalue weighted by atomic mass is 14.1. The fourth-order valence-electron chi connectivity index (χ4n) is 2.36. The molecular formula is C19H16. The second-order valence-corrected chi connectivity index (χ2v) is 4.60. The van der Waals surface area contributed by atoms with Crippen molar-refractivity contribution >= 4 is 5.57 Å². The molecule has 0 radical (unpaired) electrons. The molecule has 1 aliphatic rings. The summed E-state index contributed by atoms with van der Waals surface area (Å²) in [4.78, 5) is 0. The molecule has 0 spiro atoms. The van der Waals surface area contributed by atoms with E-state index in [9.17, 15) is 0 Å². The van der Waals surface area contributed by atoms with Gasteiger partial charge in [-0.25, -0.2) is 0 Å². The highest BCUT2D eigenvalue weighted by molar-refractivity contribution is 5.86. The smallest absolute Gasteiger partial charge is 0.0105 e. The normalized spacial score (nSPS) is 14.0. The molecular weight excluding hydrogens is 228 g/mol. The average molecular weight is 244 g/mol. The maximum absolute atomic E-state index is 2.21. The van der Waals surface area contributed by atoms with E-state index in [2.05, 4.69) is 85.0 Å². The summed E-state index contributed by atoms with van der Waals surface area (Å²) in [7, 11) is 0. The third kappa shape index (κ3) is 2.58. The maximum Gasteiger partial charge on any atom is -0.0105 e. The molecule has 0 atom stereocenters. The van der Waals surface area contributed by atoms with Gasteiger partial charge in [-0.2, -0.15) is 0 Å². The third-order valence-corrected chi connectivity index (χ3v) is 3.30. The average Bonchev–Trinajstić information content (AvgIpc) is 2.77. The van der Waals surface area contributed by atoms with Crippen LogP contribution < -0.4 is 0 Å². The molecule has 0 aliphatic heterocycles. The lowest BCUT2D eigenvalue weighted by molar-refractivity contribution is 1.41. The Morgan fingerprint density at radius 2 is 1.42 bits per heavy atom. The van der Waals surface area contributed by atoms with E-state index in [1.165, 1.54) is 22.3 Å². The van der Waals surface area contributed by atoms with Crippen molar-refractivity contribution < 1.29 is 0 Å². The molecule has 0 bridgehead atoms. The number of hydrogen-bond acceptors (Lipinski definition) is 0. The maximum atomic E-state index is 2.21. The second kappa shape index (κ2) is 5.53. The van der Waals surface area contributed by atoms with E-state index < -0.39 is 0 Å². The fourth-order valence-corrected chi connectivity index (χ4v) is 2.36. The van der Waals surface area contributed by atoms with Gasteiger partial charge in [0.05, 0.1) is 0 Å². The van der Waals surface area contributed by atoms with Crippen LogP contribution in [0.4, 0.5) is 0 Å². The van der Waals surface area contributed by atoms with Crippen LogP contribution in [-0.4, -0.2) is 0 Å². The van der Waals surface area contributed by atoms with Crippen LogP contribution in [0, 0.1) is 0 Å². The standard InChI is InChI=1S/C19H16/c1-2-5-11-16(10-4-1)18-14-8-9-15-19(18)17-12-6-3-7-13-17/h1,3-15H,2H2. The van der Waals surface area contributed by atoms with Gasteiger partial charge in [0, 0.05) is 0 Å². The summed E-state index contributed by atoms with van der Waals surface area (Å²) in [5, 5.41) is 0. The van der Waals surface area contributed by atoms with Crippen molar-refractivity contribution in [3.05, 3.63) is 90.5 Å². The van der Waals surface area contributed by atoms with Crippen molar-refractivity contribution in [3.63, 3.8) is 0 Å². The first-order valence-electron chi connectivity index (χ1n) is 6.63. The first-order chi connectivity index (χ1) is 9.45. The minimum absolute atomic E-state index is 1.01. The Balaban J connectivity index is 2.13. The van der Waals surface area contributed by atoms with Gasteiger partial charge < -0.3 is 0 Å². The predicted octanol–water partition coefficient (Wildman–Crippen LogP) is 5.25. The van der Waals surface area contributed by atoms with Crippen LogP contribution in [0.2, 0.25) is 0 Å². The van der Waals surface area contributed by atoms with Crippen LogP contribution in [0.3, 0.4) is 0 Å². The molecule has 0 fully saturated rings. The second-order valence-electron chi connectivity index (χ2n) is 4.60. The van der Waals surface area contributed by atoms with Gasteiger partial charge in [0.1, 0.15) is 0 Å².